The minimum Gasteiger partial charge on any atom is -0.493 e. The number of nitrogens with zero attached hydrogens (tertiary/aromatic N) is 3. The van der Waals surface area contributed by atoms with E-state index in [1.807, 2.05) is 36.4 Å². The van der Waals surface area contributed by atoms with Gasteiger partial charge in [-0.3, -0.25) is 0 Å². The fraction of sp³-hybridized carbons (Fsp3) is 0.318. The molecule has 1 aliphatic heterocycles. The van der Waals surface area contributed by atoms with E-state index in [4.69, 9.17) is 14.2 Å². The maximum Gasteiger partial charge on any atom is 0.247 e. The number of ether oxygens (including phenoxy) is 3. The Balaban J connectivity index is 1.76. The smallest absolute Gasteiger partial charge is 0.247 e. The zero-order chi connectivity index (χ0) is 21.8. The van der Waals surface area contributed by atoms with Crippen molar-refractivity contribution in [3.8, 4) is 28.6 Å². The van der Waals surface area contributed by atoms with E-state index in [0.29, 0.717) is 28.2 Å². The van der Waals surface area contributed by atoms with Crippen molar-refractivity contribution in [1.82, 2.24) is 15.2 Å². The van der Waals surface area contributed by atoms with Gasteiger partial charge in [0.25, 0.3) is 0 Å². The number of halogens is 1. The Bertz CT molecular complexity index is 1080. The van der Waals surface area contributed by atoms with Crippen LogP contribution in [0.5, 0.6) is 17.4 Å². The number of nitrogens with one attached hydrogen (secondary N) is 1. The third kappa shape index (κ3) is 4.57. The number of fused-ring (bicyclic) bond motifs is 3. The lowest BCUT2D eigenvalue weighted by molar-refractivity contribution is 0.224. The highest BCUT2D eigenvalue weighted by atomic mass is 79.9. The maximum atomic E-state index is 6.35. The van der Waals surface area contributed by atoms with Crippen LogP contribution in [0.25, 0.3) is 11.3 Å². The number of para-hydroxylation sites is 1. The lowest BCUT2D eigenvalue weighted by Gasteiger charge is -2.21. The molecule has 0 amide bonds. The van der Waals surface area contributed by atoms with E-state index in [2.05, 4.69) is 43.4 Å². The highest BCUT2D eigenvalue weighted by Crippen LogP contribution is 2.42. The van der Waals surface area contributed by atoms with Crippen LogP contribution in [0.1, 0.15) is 31.6 Å². The molecule has 0 saturated heterocycles. The van der Waals surface area contributed by atoms with Crippen LogP contribution in [-0.4, -0.2) is 35.2 Å². The summed E-state index contributed by atoms with van der Waals surface area (Å²) in [6.07, 6.45) is 1.71. The summed E-state index contributed by atoms with van der Waals surface area (Å²) in [5.41, 5.74) is 3.25. The number of hydrogen-bond acceptors (Lipinski definition) is 8. The molecule has 1 atom stereocenters. The third-order valence-electron chi connectivity index (χ3n) is 4.82. The summed E-state index contributed by atoms with van der Waals surface area (Å²) in [5.74, 6) is 2.62. The number of hydrogen-bond donors (Lipinski definition) is 1. The van der Waals surface area contributed by atoms with Gasteiger partial charge in [-0.2, -0.15) is 4.98 Å². The van der Waals surface area contributed by atoms with Crippen molar-refractivity contribution in [3.63, 3.8) is 0 Å². The number of anilines is 1. The minimum atomic E-state index is -0.510. The van der Waals surface area contributed by atoms with E-state index in [0.717, 1.165) is 39.9 Å². The van der Waals surface area contributed by atoms with Crippen LogP contribution in [-0.2, 0) is 0 Å². The molecule has 0 spiro atoms. The first-order chi connectivity index (χ1) is 15.1. The Morgan fingerprint density at radius 2 is 2.00 bits per heavy atom. The fourth-order valence-corrected chi connectivity index (χ4v) is 4.74. The molecule has 0 fully saturated rings. The molecule has 1 N–H and O–H groups in total. The molecule has 4 rings (SSSR count). The summed E-state index contributed by atoms with van der Waals surface area (Å²) in [6.45, 7) is 2.16. The lowest BCUT2D eigenvalue weighted by atomic mass is 10.1. The molecule has 2 heterocycles. The highest BCUT2D eigenvalue weighted by Gasteiger charge is 2.27. The number of benzene rings is 2. The predicted molar refractivity (Wildman–Crippen MR) is 125 cm³/mol. The molecular weight excluding hydrogens is 480 g/mol. The summed E-state index contributed by atoms with van der Waals surface area (Å²) in [6, 6.07) is 11.7. The lowest BCUT2D eigenvalue weighted by Crippen LogP contribution is -2.17. The van der Waals surface area contributed by atoms with E-state index in [9.17, 15) is 0 Å². The Labute approximate surface area is 194 Å². The zero-order valence-corrected chi connectivity index (χ0v) is 19.9. The topological polar surface area (TPSA) is 78.4 Å². The Hall–Kier alpha value is -2.52. The third-order valence-corrected chi connectivity index (χ3v) is 6.33. The predicted octanol–water partition coefficient (Wildman–Crippen LogP) is 5.71. The van der Waals surface area contributed by atoms with Gasteiger partial charge in [-0.05, 0) is 40.5 Å². The van der Waals surface area contributed by atoms with Gasteiger partial charge in [-0.1, -0.05) is 43.3 Å². The van der Waals surface area contributed by atoms with E-state index in [1.165, 1.54) is 0 Å². The monoisotopic (exact) mass is 502 g/mol. The first-order valence-corrected chi connectivity index (χ1v) is 11.7. The number of aromatic nitrogens is 3. The van der Waals surface area contributed by atoms with Gasteiger partial charge < -0.3 is 19.5 Å². The average molecular weight is 503 g/mol. The SMILES string of the molecule is CCCCSc1nnc2c(n1)O[C@H](c1cc(Br)c(OC)c(OC)c1)Nc1ccccc1-2. The van der Waals surface area contributed by atoms with Gasteiger partial charge in [0.05, 0.1) is 18.7 Å². The Kier molecular flexibility index (Phi) is 6.82. The quantitative estimate of drug-likeness (QED) is 0.324. The summed E-state index contributed by atoms with van der Waals surface area (Å²) >= 11 is 5.15. The minimum absolute atomic E-state index is 0.447. The molecule has 0 bridgehead atoms. The van der Waals surface area contributed by atoms with Gasteiger partial charge in [0.2, 0.25) is 11.0 Å². The summed E-state index contributed by atoms with van der Waals surface area (Å²) in [7, 11) is 3.21. The van der Waals surface area contributed by atoms with Crippen molar-refractivity contribution in [1.29, 1.82) is 0 Å². The molecule has 0 unspecified atom stereocenters. The Morgan fingerprint density at radius 1 is 1.16 bits per heavy atom. The molecule has 31 heavy (non-hydrogen) atoms. The second-order valence-electron chi connectivity index (χ2n) is 6.88. The number of rotatable bonds is 7. The van der Waals surface area contributed by atoms with Crippen LogP contribution < -0.4 is 19.5 Å². The highest BCUT2D eigenvalue weighted by molar-refractivity contribution is 9.10. The van der Waals surface area contributed by atoms with Gasteiger partial charge >= 0.3 is 0 Å². The van der Waals surface area contributed by atoms with Gasteiger partial charge in [0.1, 0.15) is 0 Å². The van der Waals surface area contributed by atoms with Gasteiger partial charge in [-0.15, -0.1) is 10.2 Å². The standard InChI is InChI=1S/C22H23BrN4O3S/c1-4-5-10-31-22-25-21-18(26-27-22)14-8-6-7-9-16(14)24-20(30-21)13-11-15(23)19(29-3)17(12-13)28-2/h6-9,11-12,20,24H,4-5,10H2,1-3H3/t20-/m1/s1. The molecule has 162 valence electrons. The van der Waals surface area contributed by atoms with Crippen LogP contribution >= 0.6 is 27.7 Å². The van der Waals surface area contributed by atoms with E-state index >= 15 is 0 Å². The molecule has 3 aromatic rings. The van der Waals surface area contributed by atoms with Gasteiger partial charge in [0, 0.05) is 22.6 Å². The van der Waals surface area contributed by atoms with Gasteiger partial charge in [0.15, 0.2) is 23.4 Å². The molecule has 0 radical (unpaired) electrons. The van der Waals surface area contributed by atoms with E-state index in [1.54, 1.807) is 26.0 Å². The fourth-order valence-electron chi connectivity index (χ4n) is 3.26. The van der Waals surface area contributed by atoms with Crippen molar-refractivity contribution >= 4 is 33.4 Å². The Morgan fingerprint density at radius 3 is 2.77 bits per heavy atom. The maximum absolute atomic E-state index is 6.35. The van der Waals surface area contributed by atoms with E-state index < -0.39 is 6.23 Å². The first-order valence-electron chi connectivity index (χ1n) is 9.96. The largest absolute Gasteiger partial charge is 0.493 e. The molecular formula is C22H23BrN4O3S. The number of thioether (sulfide) groups is 1. The summed E-state index contributed by atoms with van der Waals surface area (Å²) in [4.78, 5) is 4.68. The second-order valence-corrected chi connectivity index (χ2v) is 8.79. The summed E-state index contributed by atoms with van der Waals surface area (Å²) < 4.78 is 18.1. The summed E-state index contributed by atoms with van der Waals surface area (Å²) in [5, 5.41) is 12.8. The van der Waals surface area contributed by atoms with Crippen LogP contribution in [0.15, 0.2) is 46.0 Å². The van der Waals surface area contributed by atoms with Crippen molar-refractivity contribution < 1.29 is 14.2 Å². The first kappa shape index (κ1) is 21.7. The van der Waals surface area contributed by atoms with Crippen molar-refractivity contribution in [2.45, 2.75) is 31.1 Å². The molecule has 2 aromatic carbocycles. The van der Waals surface area contributed by atoms with Crippen LogP contribution in [0.2, 0.25) is 0 Å². The van der Waals surface area contributed by atoms with Crippen molar-refractivity contribution in [2.24, 2.45) is 0 Å². The van der Waals surface area contributed by atoms with E-state index in [-0.39, 0.29) is 0 Å². The molecule has 0 aliphatic carbocycles. The molecule has 0 saturated carbocycles. The molecule has 7 nitrogen and oxygen atoms in total. The molecule has 1 aromatic heterocycles. The zero-order valence-electron chi connectivity index (χ0n) is 17.5. The molecule has 1 aliphatic rings. The van der Waals surface area contributed by atoms with Crippen LogP contribution in [0, 0.1) is 0 Å². The second kappa shape index (κ2) is 9.74. The van der Waals surface area contributed by atoms with Crippen molar-refractivity contribution in [2.75, 3.05) is 25.3 Å². The van der Waals surface area contributed by atoms with Crippen molar-refractivity contribution in [3.05, 3.63) is 46.4 Å². The average Bonchev–Trinajstić information content (AvgIpc) is 2.95. The number of unbranched alkanes of at least 4 members (excludes halogenated alkanes) is 1. The van der Waals surface area contributed by atoms with Gasteiger partial charge in [-0.25, -0.2) is 0 Å². The van der Waals surface area contributed by atoms with Crippen LogP contribution in [0.4, 0.5) is 5.69 Å². The number of methoxy groups -OCH3 is 2. The van der Waals surface area contributed by atoms with Crippen LogP contribution in [0.3, 0.4) is 0 Å². The normalized spacial score (nSPS) is 14.5. The molecule has 9 heteroatoms.